The summed E-state index contributed by atoms with van der Waals surface area (Å²) >= 11 is 0. The highest BCUT2D eigenvalue weighted by atomic mass is 16.4. The van der Waals surface area contributed by atoms with Gasteiger partial charge in [-0.1, -0.05) is 13.3 Å². The standard InChI is InChI=1S/C15H23N3O3/c1-4-10-5-12(13(6-10)15(20)21)14(19)16-7-11-8-17-18(3)9(11)2/h8,10,12-13H,4-7H2,1-3H3,(H,16,19)(H,20,21). The summed E-state index contributed by atoms with van der Waals surface area (Å²) in [6.07, 6.45) is 3.93. The number of carbonyl (C=O) groups is 2. The lowest BCUT2D eigenvalue weighted by molar-refractivity contribution is -0.146. The average Bonchev–Trinajstić information content (AvgIpc) is 3.02. The van der Waals surface area contributed by atoms with Crippen LogP contribution in [-0.4, -0.2) is 26.8 Å². The number of aryl methyl sites for hydroxylation is 1. The Balaban J connectivity index is 1.99. The maximum Gasteiger partial charge on any atom is 0.307 e. The van der Waals surface area contributed by atoms with Gasteiger partial charge in [-0.05, 0) is 25.7 Å². The van der Waals surface area contributed by atoms with Gasteiger partial charge in [-0.15, -0.1) is 0 Å². The average molecular weight is 293 g/mol. The predicted octanol–water partition coefficient (Wildman–Crippen LogP) is 1.48. The van der Waals surface area contributed by atoms with Crippen LogP contribution in [0.4, 0.5) is 0 Å². The Morgan fingerprint density at radius 2 is 2.10 bits per heavy atom. The van der Waals surface area contributed by atoms with Crippen LogP contribution in [0.1, 0.15) is 37.4 Å². The van der Waals surface area contributed by atoms with Crippen LogP contribution in [0.3, 0.4) is 0 Å². The third kappa shape index (κ3) is 3.25. The van der Waals surface area contributed by atoms with Crippen molar-refractivity contribution in [1.29, 1.82) is 0 Å². The first-order valence-electron chi connectivity index (χ1n) is 7.42. The third-order valence-electron chi connectivity index (χ3n) is 4.68. The molecule has 0 aliphatic heterocycles. The molecule has 1 aliphatic rings. The van der Waals surface area contributed by atoms with E-state index in [0.717, 1.165) is 17.7 Å². The van der Waals surface area contributed by atoms with Crippen LogP contribution in [0.15, 0.2) is 6.20 Å². The van der Waals surface area contributed by atoms with Crippen LogP contribution < -0.4 is 5.32 Å². The van der Waals surface area contributed by atoms with Crippen molar-refractivity contribution in [3.05, 3.63) is 17.5 Å². The van der Waals surface area contributed by atoms with Crippen molar-refractivity contribution in [2.24, 2.45) is 24.8 Å². The lowest BCUT2D eigenvalue weighted by Gasteiger charge is -2.15. The number of aliphatic carboxylic acids is 1. The van der Waals surface area contributed by atoms with Crippen LogP contribution in [0.2, 0.25) is 0 Å². The second-order valence-corrected chi connectivity index (χ2v) is 5.89. The van der Waals surface area contributed by atoms with Crippen molar-refractivity contribution >= 4 is 11.9 Å². The molecule has 0 spiro atoms. The summed E-state index contributed by atoms with van der Waals surface area (Å²) in [5, 5.41) is 16.3. The van der Waals surface area contributed by atoms with Crippen LogP contribution in [0.25, 0.3) is 0 Å². The SMILES string of the molecule is CCC1CC(C(=O)O)C(C(=O)NCc2cnn(C)c2C)C1. The van der Waals surface area contributed by atoms with E-state index in [-0.39, 0.29) is 5.91 Å². The van der Waals surface area contributed by atoms with Gasteiger partial charge in [-0.2, -0.15) is 5.10 Å². The van der Waals surface area contributed by atoms with Crippen LogP contribution in [0.5, 0.6) is 0 Å². The number of rotatable bonds is 5. The molecule has 0 aromatic carbocycles. The summed E-state index contributed by atoms with van der Waals surface area (Å²) in [6, 6.07) is 0. The van der Waals surface area contributed by atoms with E-state index in [4.69, 9.17) is 0 Å². The largest absolute Gasteiger partial charge is 0.481 e. The molecule has 0 bridgehead atoms. The molecule has 1 saturated carbocycles. The minimum atomic E-state index is -0.858. The quantitative estimate of drug-likeness (QED) is 0.861. The highest BCUT2D eigenvalue weighted by molar-refractivity contribution is 5.85. The number of carboxylic acid groups (broad SMARTS) is 1. The minimum Gasteiger partial charge on any atom is -0.481 e. The number of nitrogens with zero attached hydrogens (tertiary/aromatic N) is 2. The zero-order valence-corrected chi connectivity index (χ0v) is 12.8. The van der Waals surface area contributed by atoms with Crippen molar-refractivity contribution in [3.63, 3.8) is 0 Å². The summed E-state index contributed by atoms with van der Waals surface area (Å²) in [6.45, 7) is 4.39. The number of nitrogens with one attached hydrogen (secondary N) is 1. The van der Waals surface area contributed by atoms with E-state index in [0.29, 0.717) is 25.3 Å². The van der Waals surface area contributed by atoms with Crippen molar-refractivity contribution in [2.75, 3.05) is 0 Å². The first-order chi connectivity index (χ1) is 9.93. The van der Waals surface area contributed by atoms with E-state index in [9.17, 15) is 14.7 Å². The number of amides is 1. The molecule has 2 rings (SSSR count). The Morgan fingerprint density at radius 3 is 2.62 bits per heavy atom. The van der Waals surface area contributed by atoms with E-state index in [1.807, 2.05) is 20.9 Å². The van der Waals surface area contributed by atoms with E-state index in [2.05, 4.69) is 10.4 Å². The Labute approximate surface area is 124 Å². The van der Waals surface area contributed by atoms with Crippen molar-refractivity contribution < 1.29 is 14.7 Å². The number of carbonyl (C=O) groups excluding carboxylic acids is 1. The van der Waals surface area contributed by atoms with E-state index >= 15 is 0 Å². The Hall–Kier alpha value is -1.85. The van der Waals surface area contributed by atoms with Gasteiger partial charge in [0.05, 0.1) is 18.0 Å². The van der Waals surface area contributed by atoms with E-state index < -0.39 is 17.8 Å². The third-order valence-corrected chi connectivity index (χ3v) is 4.68. The molecule has 0 saturated heterocycles. The second kappa shape index (κ2) is 6.28. The number of hydrogen-bond acceptors (Lipinski definition) is 3. The molecule has 1 aromatic rings. The molecule has 3 unspecified atom stereocenters. The van der Waals surface area contributed by atoms with Crippen molar-refractivity contribution in [1.82, 2.24) is 15.1 Å². The lowest BCUT2D eigenvalue weighted by Crippen LogP contribution is -2.35. The van der Waals surface area contributed by atoms with Crippen LogP contribution in [-0.2, 0) is 23.2 Å². The Bertz CT molecular complexity index is 538. The fourth-order valence-electron chi connectivity index (χ4n) is 3.07. The fourth-order valence-corrected chi connectivity index (χ4v) is 3.07. The van der Waals surface area contributed by atoms with Gasteiger partial charge in [-0.25, -0.2) is 0 Å². The molecule has 1 aliphatic carbocycles. The zero-order valence-electron chi connectivity index (χ0n) is 12.8. The first kappa shape index (κ1) is 15.5. The molecular formula is C15H23N3O3. The molecule has 0 radical (unpaired) electrons. The summed E-state index contributed by atoms with van der Waals surface area (Å²) in [5.74, 6) is -1.64. The normalized spacial score (nSPS) is 25.0. The lowest BCUT2D eigenvalue weighted by atomic mass is 9.95. The first-order valence-corrected chi connectivity index (χ1v) is 7.42. The van der Waals surface area contributed by atoms with Gasteiger partial charge in [-0.3, -0.25) is 14.3 Å². The second-order valence-electron chi connectivity index (χ2n) is 5.89. The molecule has 1 aromatic heterocycles. The maximum atomic E-state index is 12.3. The van der Waals surface area contributed by atoms with Crippen molar-refractivity contribution in [2.45, 2.75) is 39.7 Å². The van der Waals surface area contributed by atoms with E-state index in [1.165, 1.54) is 0 Å². The predicted molar refractivity (Wildman–Crippen MR) is 77.4 cm³/mol. The Kier molecular flexibility index (Phi) is 4.65. The number of carboxylic acids is 1. The fraction of sp³-hybridized carbons (Fsp3) is 0.667. The van der Waals surface area contributed by atoms with Gasteiger partial charge in [0.1, 0.15) is 0 Å². The zero-order chi connectivity index (χ0) is 15.6. The summed E-state index contributed by atoms with van der Waals surface area (Å²) < 4.78 is 1.75. The maximum absolute atomic E-state index is 12.3. The van der Waals surface area contributed by atoms with Crippen molar-refractivity contribution in [3.8, 4) is 0 Å². The highest BCUT2D eigenvalue weighted by Crippen LogP contribution is 2.38. The van der Waals surface area contributed by atoms with Crippen LogP contribution >= 0.6 is 0 Å². The molecule has 6 nitrogen and oxygen atoms in total. The van der Waals surface area contributed by atoms with Gasteiger partial charge in [0.15, 0.2) is 0 Å². The molecular weight excluding hydrogens is 270 g/mol. The minimum absolute atomic E-state index is 0.151. The van der Waals surface area contributed by atoms with Gasteiger partial charge in [0.25, 0.3) is 0 Å². The monoisotopic (exact) mass is 293 g/mol. The number of aromatic nitrogens is 2. The molecule has 116 valence electrons. The van der Waals surface area contributed by atoms with Gasteiger partial charge in [0.2, 0.25) is 5.91 Å². The van der Waals surface area contributed by atoms with Gasteiger partial charge >= 0.3 is 5.97 Å². The molecule has 1 heterocycles. The van der Waals surface area contributed by atoms with Gasteiger partial charge < -0.3 is 10.4 Å². The molecule has 1 fully saturated rings. The summed E-state index contributed by atoms with van der Waals surface area (Å²) in [5.41, 5.74) is 1.96. The Morgan fingerprint density at radius 1 is 1.43 bits per heavy atom. The smallest absolute Gasteiger partial charge is 0.307 e. The molecule has 6 heteroatoms. The summed E-state index contributed by atoms with van der Waals surface area (Å²) in [7, 11) is 1.85. The van der Waals surface area contributed by atoms with Gasteiger partial charge in [0, 0.05) is 24.8 Å². The topological polar surface area (TPSA) is 84.2 Å². The number of hydrogen-bond donors (Lipinski definition) is 2. The molecule has 21 heavy (non-hydrogen) atoms. The molecule has 2 N–H and O–H groups in total. The highest BCUT2D eigenvalue weighted by Gasteiger charge is 2.41. The van der Waals surface area contributed by atoms with Crippen LogP contribution in [0, 0.1) is 24.7 Å². The molecule has 3 atom stereocenters. The summed E-state index contributed by atoms with van der Waals surface area (Å²) in [4.78, 5) is 23.6. The molecule has 1 amide bonds. The van der Waals surface area contributed by atoms with E-state index in [1.54, 1.807) is 10.9 Å².